The molecule has 112 valence electrons. The molecule has 0 aromatic heterocycles. The average Bonchev–Trinajstić information content (AvgIpc) is 2.39. The van der Waals surface area contributed by atoms with E-state index in [4.69, 9.17) is 4.74 Å². The van der Waals surface area contributed by atoms with Gasteiger partial charge in [0.2, 0.25) is 0 Å². The molecule has 0 bridgehead atoms. The lowest BCUT2D eigenvalue weighted by Crippen LogP contribution is -2.33. The minimum Gasteiger partial charge on any atom is -0.508 e. The number of halogens is 1. The van der Waals surface area contributed by atoms with Gasteiger partial charge >= 0.3 is 0 Å². The molecule has 1 aliphatic heterocycles. The van der Waals surface area contributed by atoms with E-state index in [1.54, 1.807) is 12.1 Å². The van der Waals surface area contributed by atoms with Gasteiger partial charge < -0.3 is 25.0 Å². The van der Waals surface area contributed by atoms with E-state index in [1.165, 1.54) is 12.1 Å². The SMILES string of the molecule is CN1c2c(O)cc(O)cc2OCC1c1ccc(O)cc1.Cl. The Kier molecular flexibility index (Phi) is 4.04. The highest BCUT2D eigenvalue weighted by molar-refractivity contribution is 5.85. The zero-order chi connectivity index (χ0) is 14.3. The van der Waals surface area contributed by atoms with Gasteiger partial charge in [0.25, 0.3) is 0 Å². The maximum atomic E-state index is 9.99. The molecule has 0 radical (unpaired) electrons. The first-order chi connectivity index (χ1) is 9.56. The second-order valence-electron chi connectivity index (χ2n) is 4.84. The predicted octanol–water partition coefficient (Wildman–Crippen LogP) is 2.80. The second-order valence-corrected chi connectivity index (χ2v) is 4.84. The molecule has 2 aromatic rings. The number of aromatic hydroxyl groups is 3. The smallest absolute Gasteiger partial charge is 0.150 e. The molecule has 1 heterocycles. The molecule has 1 atom stereocenters. The molecule has 3 rings (SSSR count). The molecule has 0 fully saturated rings. The lowest BCUT2D eigenvalue weighted by molar-refractivity contribution is 0.264. The number of hydrogen-bond donors (Lipinski definition) is 3. The fourth-order valence-electron chi connectivity index (χ4n) is 2.50. The van der Waals surface area contributed by atoms with E-state index in [2.05, 4.69) is 0 Å². The third kappa shape index (κ3) is 2.64. The Morgan fingerprint density at radius 1 is 1.05 bits per heavy atom. The van der Waals surface area contributed by atoms with Crippen molar-refractivity contribution < 1.29 is 20.1 Å². The molecular formula is C15H16ClNO4. The lowest BCUT2D eigenvalue weighted by atomic mass is 10.0. The van der Waals surface area contributed by atoms with Crippen LogP contribution >= 0.6 is 12.4 Å². The number of phenolic OH excluding ortho intramolecular Hbond substituents is 3. The summed E-state index contributed by atoms with van der Waals surface area (Å²) in [5, 5.41) is 28.8. The lowest BCUT2D eigenvalue weighted by Gasteiger charge is -2.36. The van der Waals surface area contributed by atoms with Crippen molar-refractivity contribution in [1.82, 2.24) is 0 Å². The highest BCUT2D eigenvalue weighted by Gasteiger charge is 2.29. The first-order valence-corrected chi connectivity index (χ1v) is 6.27. The number of fused-ring (bicyclic) bond motifs is 1. The van der Waals surface area contributed by atoms with Gasteiger partial charge in [-0.15, -0.1) is 12.4 Å². The highest BCUT2D eigenvalue weighted by atomic mass is 35.5. The van der Waals surface area contributed by atoms with Crippen molar-refractivity contribution in [2.24, 2.45) is 0 Å². The molecule has 6 heteroatoms. The van der Waals surface area contributed by atoms with Gasteiger partial charge in [-0.3, -0.25) is 0 Å². The van der Waals surface area contributed by atoms with Crippen molar-refractivity contribution in [2.75, 3.05) is 18.6 Å². The third-order valence-corrected chi connectivity index (χ3v) is 3.53. The van der Waals surface area contributed by atoms with E-state index in [9.17, 15) is 15.3 Å². The van der Waals surface area contributed by atoms with E-state index in [-0.39, 0.29) is 35.7 Å². The summed E-state index contributed by atoms with van der Waals surface area (Å²) in [5.41, 5.74) is 1.52. The van der Waals surface area contributed by atoms with Crippen molar-refractivity contribution in [3.8, 4) is 23.0 Å². The van der Waals surface area contributed by atoms with Crippen molar-refractivity contribution >= 4 is 18.1 Å². The Morgan fingerprint density at radius 2 is 1.71 bits per heavy atom. The molecule has 0 saturated heterocycles. The minimum absolute atomic E-state index is 0. The summed E-state index contributed by atoms with van der Waals surface area (Å²) < 4.78 is 5.63. The van der Waals surface area contributed by atoms with Crippen molar-refractivity contribution in [2.45, 2.75) is 6.04 Å². The molecule has 2 aromatic carbocycles. The molecule has 1 unspecified atom stereocenters. The van der Waals surface area contributed by atoms with Crippen LogP contribution in [0.4, 0.5) is 5.69 Å². The maximum absolute atomic E-state index is 9.99. The zero-order valence-electron chi connectivity index (χ0n) is 11.4. The van der Waals surface area contributed by atoms with Gasteiger partial charge in [0.1, 0.15) is 35.3 Å². The standard InChI is InChI=1S/C15H15NO4.ClH/c1-16-12(9-2-4-10(17)5-3-9)8-20-14-7-11(18)6-13(19)15(14)16;/h2-7,12,17-19H,8H2,1H3;1H. The number of hydrogen-bond acceptors (Lipinski definition) is 5. The first-order valence-electron chi connectivity index (χ1n) is 6.27. The minimum atomic E-state index is -0.0708. The van der Waals surface area contributed by atoms with Gasteiger partial charge in [0.15, 0.2) is 0 Å². The van der Waals surface area contributed by atoms with Gasteiger partial charge in [-0.2, -0.15) is 0 Å². The van der Waals surface area contributed by atoms with Crippen molar-refractivity contribution in [1.29, 1.82) is 0 Å². The van der Waals surface area contributed by atoms with Crippen LogP contribution in [0.3, 0.4) is 0 Å². The third-order valence-electron chi connectivity index (χ3n) is 3.53. The Labute approximate surface area is 128 Å². The summed E-state index contributed by atoms with van der Waals surface area (Å²) in [4.78, 5) is 1.90. The molecule has 5 nitrogen and oxygen atoms in total. The van der Waals surface area contributed by atoms with Gasteiger partial charge in [-0.1, -0.05) is 12.1 Å². The number of nitrogens with zero attached hydrogens (tertiary/aromatic N) is 1. The number of rotatable bonds is 1. The topological polar surface area (TPSA) is 73.2 Å². The van der Waals surface area contributed by atoms with Crippen LogP contribution < -0.4 is 9.64 Å². The summed E-state index contributed by atoms with van der Waals surface area (Å²) in [6.07, 6.45) is 0. The summed E-state index contributed by atoms with van der Waals surface area (Å²) in [7, 11) is 1.86. The number of ether oxygens (including phenoxy) is 1. The highest BCUT2D eigenvalue weighted by Crippen LogP contribution is 2.46. The Morgan fingerprint density at radius 3 is 2.38 bits per heavy atom. The summed E-state index contributed by atoms with van der Waals surface area (Å²) in [6, 6.07) is 9.59. The van der Waals surface area contributed by atoms with Crippen molar-refractivity contribution in [3.05, 3.63) is 42.0 Å². The fraction of sp³-hybridized carbons (Fsp3) is 0.200. The van der Waals surface area contributed by atoms with Crippen LogP contribution in [0, 0.1) is 0 Å². The summed E-state index contributed by atoms with van der Waals surface area (Å²) in [6.45, 7) is 0.400. The Balaban J connectivity index is 0.00000161. The van der Waals surface area contributed by atoms with E-state index < -0.39 is 0 Å². The summed E-state index contributed by atoms with van der Waals surface area (Å²) >= 11 is 0. The Hall–Kier alpha value is -2.27. The number of anilines is 1. The van der Waals surface area contributed by atoms with Crippen LogP contribution in [0.2, 0.25) is 0 Å². The quantitative estimate of drug-likeness (QED) is 0.755. The van der Waals surface area contributed by atoms with Crippen LogP contribution in [0.25, 0.3) is 0 Å². The monoisotopic (exact) mass is 309 g/mol. The number of likely N-dealkylation sites (N-methyl/N-ethyl adjacent to an activating group) is 1. The van der Waals surface area contributed by atoms with Gasteiger partial charge in [0, 0.05) is 19.2 Å². The molecule has 1 aliphatic rings. The van der Waals surface area contributed by atoms with Crippen LogP contribution in [0.1, 0.15) is 11.6 Å². The molecular weight excluding hydrogens is 294 g/mol. The van der Waals surface area contributed by atoms with Crippen LogP contribution in [-0.2, 0) is 0 Å². The van der Waals surface area contributed by atoms with Crippen LogP contribution in [0.15, 0.2) is 36.4 Å². The molecule has 3 N–H and O–H groups in total. The molecule has 0 aliphatic carbocycles. The molecule has 21 heavy (non-hydrogen) atoms. The predicted molar refractivity (Wildman–Crippen MR) is 81.8 cm³/mol. The van der Waals surface area contributed by atoms with Gasteiger partial charge in [0.05, 0.1) is 6.04 Å². The van der Waals surface area contributed by atoms with E-state index in [0.29, 0.717) is 18.0 Å². The van der Waals surface area contributed by atoms with E-state index in [0.717, 1.165) is 5.56 Å². The van der Waals surface area contributed by atoms with E-state index >= 15 is 0 Å². The average molecular weight is 310 g/mol. The van der Waals surface area contributed by atoms with Gasteiger partial charge in [-0.05, 0) is 17.7 Å². The van der Waals surface area contributed by atoms with Crippen LogP contribution in [0.5, 0.6) is 23.0 Å². The molecule has 0 amide bonds. The molecule has 0 spiro atoms. The van der Waals surface area contributed by atoms with Gasteiger partial charge in [-0.25, -0.2) is 0 Å². The van der Waals surface area contributed by atoms with E-state index in [1.807, 2.05) is 24.1 Å². The second kappa shape index (κ2) is 5.61. The molecule has 0 saturated carbocycles. The number of phenols is 3. The largest absolute Gasteiger partial charge is 0.508 e. The summed E-state index contributed by atoms with van der Waals surface area (Å²) in [5.74, 6) is 0.616. The number of benzene rings is 2. The zero-order valence-corrected chi connectivity index (χ0v) is 12.2. The normalized spacial score (nSPS) is 16.6. The first kappa shape index (κ1) is 15.1. The Bertz CT molecular complexity index is 645. The maximum Gasteiger partial charge on any atom is 0.150 e. The van der Waals surface area contributed by atoms with Crippen molar-refractivity contribution in [3.63, 3.8) is 0 Å². The fourth-order valence-corrected chi connectivity index (χ4v) is 2.50. The van der Waals surface area contributed by atoms with Crippen LogP contribution in [-0.4, -0.2) is 29.0 Å².